The lowest BCUT2D eigenvalue weighted by Gasteiger charge is -2.34. The Labute approximate surface area is 251 Å². The first kappa shape index (κ1) is 27.2. The van der Waals surface area contributed by atoms with Crippen LogP contribution < -0.4 is 9.64 Å². The highest BCUT2D eigenvalue weighted by molar-refractivity contribution is 5.92. The van der Waals surface area contributed by atoms with E-state index in [2.05, 4.69) is 75.3 Å². The highest BCUT2D eigenvalue weighted by atomic mass is 16.5. The number of hydrogen-bond donors (Lipinski definition) is 2. The number of carbonyl (C=O) groups is 1. The summed E-state index contributed by atoms with van der Waals surface area (Å²) in [6.07, 6.45) is 8.19. The summed E-state index contributed by atoms with van der Waals surface area (Å²) in [5.41, 5.74) is 7.00. The zero-order valence-corrected chi connectivity index (χ0v) is 24.4. The Kier molecular flexibility index (Phi) is 7.33. The summed E-state index contributed by atoms with van der Waals surface area (Å²) in [6.45, 7) is 3.36. The molecule has 5 aromatic rings. The molecule has 0 amide bonds. The Morgan fingerprint density at radius 3 is 2.47 bits per heavy atom. The van der Waals surface area contributed by atoms with E-state index in [4.69, 9.17) is 4.74 Å². The van der Waals surface area contributed by atoms with Gasteiger partial charge in [-0.15, -0.1) is 0 Å². The second-order valence-electron chi connectivity index (χ2n) is 11.8. The molecule has 2 fully saturated rings. The van der Waals surface area contributed by atoms with Crippen molar-refractivity contribution >= 4 is 22.7 Å². The lowest BCUT2D eigenvalue weighted by atomic mass is 9.84. The molecule has 4 heterocycles. The molecule has 0 radical (unpaired) electrons. The van der Waals surface area contributed by atoms with Crippen LogP contribution in [0.1, 0.15) is 59.1 Å². The number of likely N-dealkylation sites (tertiary alicyclic amines) is 1. The van der Waals surface area contributed by atoms with Crippen LogP contribution in [0.2, 0.25) is 0 Å². The van der Waals surface area contributed by atoms with Gasteiger partial charge in [-0.2, -0.15) is 0 Å². The molecule has 7 rings (SSSR count). The monoisotopic (exact) mass is 572 g/mol. The minimum absolute atomic E-state index is 0.109. The SMILES string of the molecule is CN1CCC(c2ccccc2C2CCCN2c2ccc(-c3ccc(C(=O)O)c(Oc4cnc5[nH]ccc5c4)c3)cc2)CC1. The Morgan fingerprint density at radius 2 is 1.67 bits per heavy atom. The van der Waals surface area contributed by atoms with Crippen LogP contribution in [0.3, 0.4) is 0 Å². The first-order chi connectivity index (χ1) is 21.0. The molecular formula is C36H36N4O3. The van der Waals surface area contributed by atoms with Gasteiger partial charge in [-0.25, -0.2) is 9.78 Å². The molecule has 0 saturated carbocycles. The highest BCUT2D eigenvalue weighted by Gasteiger charge is 2.30. The van der Waals surface area contributed by atoms with Gasteiger partial charge in [0.25, 0.3) is 0 Å². The molecule has 3 aromatic carbocycles. The largest absolute Gasteiger partial charge is 0.478 e. The molecule has 1 atom stereocenters. The first-order valence-corrected chi connectivity index (χ1v) is 15.2. The number of anilines is 1. The van der Waals surface area contributed by atoms with E-state index < -0.39 is 5.97 Å². The number of nitrogens with zero attached hydrogens (tertiary/aromatic N) is 3. The van der Waals surface area contributed by atoms with Crippen molar-refractivity contribution < 1.29 is 14.6 Å². The lowest BCUT2D eigenvalue weighted by Crippen LogP contribution is -2.30. The second-order valence-corrected chi connectivity index (χ2v) is 11.8. The Bertz CT molecular complexity index is 1750. The van der Waals surface area contributed by atoms with E-state index in [-0.39, 0.29) is 11.3 Å². The van der Waals surface area contributed by atoms with Crippen LogP contribution in [0.4, 0.5) is 5.69 Å². The van der Waals surface area contributed by atoms with Gasteiger partial charge < -0.3 is 24.6 Å². The third-order valence-corrected chi connectivity index (χ3v) is 9.11. The van der Waals surface area contributed by atoms with E-state index in [1.54, 1.807) is 18.3 Å². The molecule has 7 heteroatoms. The van der Waals surface area contributed by atoms with Crippen LogP contribution in [-0.2, 0) is 0 Å². The van der Waals surface area contributed by atoms with Crippen LogP contribution in [0.15, 0.2) is 91.3 Å². The molecule has 2 aromatic heterocycles. The fourth-order valence-corrected chi connectivity index (χ4v) is 6.82. The number of nitrogens with one attached hydrogen (secondary N) is 1. The molecule has 218 valence electrons. The summed E-state index contributed by atoms with van der Waals surface area (Å²) in [5, 5.41) is 10.7. The number of fused-ring (bicyclic) bond motifs is 1. The minimum atomic E-state index is -1.03. The van der Waals surface area contributed by atoms with Gasteiger partial charge in [-0.05, 0) is 110 Å². The summed E-state index contributed by atoms with van der Waals surface area (Å²) in [6, 6.07) is 27.1. The number of ether oxygens (including phenoxy) is 1. The standard InChI is InChI=1S/C36H36N4O3/c1-39-19-15-25(16-20-39)30-5-2-3-6-31(30)33-7-4-18-40(33)28-11-8-24(9-12-28)26-10-13-32(36(41)42)34(22-26)43-29-21-27-14-17-37-35(27)38-23-29/h2-3,5-6,8-14,17,21-23,25,33H,4,7,15-16,18-20H2,1H3,(H,37,38)(H,41,42). The fraction of sp³-hybridized carbons (Fsp3) is 0.278. The highest BCUT2D eigenvalue weighted by Crippen LogP contribution is 2.42. The number of H-pyrrole nitrogens is 1. The number of pyridine rings is 1. The van der Waals surface area contributed by atoms with E-state index in [1.807, 2.05) is 24.4 Å². The third-order valence-electron chi connectivity index (χ3n) is 9.11. The van der Waals surface area contributed by atoms with Gasteiger partial charge in [-0.1, -0.05) is 42.5 Å². The van der Waals surface area contributed by atoms with Crippen LogP contribution in [0.25, 0.3) is 22.2 Å². The maximum atomic E-state index is 12.0. The van der Waals surface area contributed by atoms with E-state index >= 15 is 0 Å². The van der Waals surface area contributed by atoms with E-state index in [9.17, 15) is 9.90 Å². The van der Waals surface area contributed by atoms with E-state index in [0.29, 0.717) is 17.7 Å². The van der Waals surface area contributed by atoms with Gasteiger partial charge in [0, 0.05) is 23.8 Å². The van der Waals surface area contributed by atoms with Crippen molar-refractivity contribution in [1.82, 2.24) is 14.9 Å². The molecule has 2 N–H and O–H groups in total. The quantitative estimate of drug-likeness (QED) is 0.207. The number of rotatable bonds is 7. The average molecular weight is 573 g/mol. The Balaban J connectivity index is 1.14. The topological polar surface area (TPSA) is 81.7 Å². The van der Waals surface area contributed by atoms with Crippen LogP contribution in [-0.4, -0.2) is 52.6 Å². The zero-order chi connectivity index (χ0) is 29.3. The normalized spacial score (nSPS) is 17.9. The second kappa shape index (κ2) is 11.6. The smallest absolute Gasteiger partial charge is 0.339 e. The number of piperidine rings is 1. The molecule has 2 aliphatic heterocycles. The molecule has 7 nitrogen and oxygen atoms in total. The summed E-state index contributed by atoms with van der Waals surface area (Å²) in [7, 11) is 2.22. The maximum Gasteiger partial charge on any atom is 0.339 e. The number of aromatic nitrogens is 2. The van der Waals surface area contributed by atoms with Crippen LogP contribution in [0.5, 0.6) is 11.5 Å². The molecule has 0 bridgehead atoms. The van der Waals surface area contributed by atoms with Crippen molar-refractivity contribution in [3.63, 3.8) is 0 Å². The first-order valence-electron chi connectivity index (χ1n) is 15.2. The number of aromatic carboxylic acids is 1. The molecule has 2 aliphatic rings. The van der Waals surface area contributed by atoms with E-state index in [0.717, 1.165) is 48.2 Å². The summed E-state index contributed by atoms with van der Waals surface area (Å²) < 4.78 is 6.08. The predicted octanol–water partition coefficient (Wildman–Crippen LogP) is 7.87. The average Bonchev–Trinajstić information content (AvgIpc) is 3.71. The van der Waals surface area contributed by atoms with Crippen molar-refractivity contribution in [3.8, 4) is 22.6 Å². The molecule has 43 heavy (non-hydrogen) atoms. The van der Waals surface area contributed by atoms with Crippen molar-refractivity contribution in [2.75, 3.05) is 31.6 Å². The summed E-state index contributed by atoms with van der Waals surface area (Å²) in [5.74, 6) is 0.370. The molecule has 0 aliphatic carbocycles. The summed E-state index contributed by atoms with van der Waals surface area (Å²) in [4.78, 5) is 24.4. The number of carboxylic acids is 1. The van der Waals surface area contributed by atoms with Gasteiger partial charge >= 0.3 is 5.97 Å². The molecular weight excluding hydrogens is 536 g/mol. The van der Waals surface area contributed by atoms with Gasteiger partial charge in [0.05, 0.1) is 12.2 Å². The van der Waals surface area contributed by atoms with Crippen molar-refractivity contribution in [2.45, 2.75) is 37.6 Å². The lowest BCUT2D eigenvalue weighted by molar-refractivity contribution is 0.0694. The van der Waals surface area contributed by atoms with Crippen molar-refractivity contribution in [2.24, 2.45) is 0 Å². The Morgan fingerprint density at radius 1 is 0.907 bits per heavy atom. The number of carboxylic acid groups (broad SMARTS) is 1. The zero-order valence-electron chi connectivity index (χ0n) is 24.4. The van der Waals surface area contributed by atoms with Crippen LogP contribution >= 0.6 is 0 Å². The fourth-order valence-electron chi connectivity index (χ4n) is 6.82. The maximum absolute atomic E-state index is 12.0. The van der Waals surface area contributed by atoms with Crippen molar-refractivity contribution in [1.29, 1.82) is 0 Å². The van der Waals surface area contributed by atoms with Gasteiger partial charge in [0.2, 0.25) is 0 Å². The van der Waals surface area contributed by atoms with Crippen LogP contribution in [0, 0.1) is 0 Å². The number of benzene rings is 3. The Hall–Kier alpha value is -4.62. The number of aromatic amines is 1. The summed E-state index contributed by atoms with van der Waals surface area (Å²) >= 11 is 0. The number of hydrogen-bond acceptors (Lipinski definition) is 5. The van der Waals surface area contributed by atoms with E-state index in [1.165, 1.54) is 36.1 Å². The minimum Gasteiger partial charge on any atom is -0.478 e. The third kappa shape index (κ3) is 5.48. The van der Waals surface area contributed by atoms with Gasteiger partial charge in [-0.3, -0.25) is 0 Å². The predicted molar refractivity (Wildman–Crippen MR) is 170 cm³/mol. The molecule has 2 saturated heterocycles. The van der Waals surface area contributed by atoms with Gasteiger partial charge in [0.1, 0.15) is 22.7 Å². The molecule has 1 unspecified atom stereocenters. The molecule has 0 spiro atoms. The van der Waals surface area contributed by atoms with Gasteiger partial charge in [0.15, 0.2) is 0 Å². The van der Waals surface area contributed by atoms with Crippen molar-refractivity contribution in [3.05, 3.63) is 108 Å².